The minimum absolute atomic E-state index is 0.430. The van der Waals surface area contributed by atoms with Crippen LogP contribution in [-0.4, -0.2) is 35.2 Å². The summed E-state index contributed by atoms with van der Waals surface area (Å²) in [5.74, 6) is 0.0215. The number of aromatic nitrogens is 3. The average molecular weight is 248 g/mol. The highest BCUT2D eigenvalue weighted by Crippen LogP contribution is 2.52. The monoisotopic (exact) mass is 248 g/mol. The molecular weight excluding hydrogens is 231 g/mol. The summed E-state index contributed by atoms with van der Waals surface area (Å²) in [6, 6.07) is 0. The zero-order valence-corrected chi connectivity index (χ0v) is 10.5. The Bertz CT molecular complexity index is 335. The average Bonchev–Trinajstić information content (AvgIpc) is 2.80. The van der Waals surface area contributed by atoms with Crippen LogP contribution in [0.5, 0.6) is 0 Å². The van der Waals surface area contributed by atoms with E-state index in [0.29, 0.717) is 12.4 Å². The van der Waals surface area contributed by atoms with Crippen LogP contribution in [0.2, 0.25) is 0 Å². The second kappa shape index (κ2) is 5.98. The quantitative estimate of drug-likeness (QED) is 0.715. The number of rotatable bonds is 7. The molecule has 0 aliphatic heterocycles. The Morgan fingerprint density at radius 3 is 2.69 bits per heavy atom. The summed E-state index contributed by atoms with van der Waals surface area (Å²) in [5.41, 5.74) is 0. The molecule has 0 saturated carbocycles. The molecule has 0 radical (unpaired) electrons. The molecule has 1 aromatic heterocycles. The van der Waals surface area contributed by atoms with Crippen molar-refractivity contribution in [2.75, 3.05) is 19.5 Å². The van der Waals surface area contributed by atoms with Crippen molar-refractivity contribution in [2.24, 2.45) is 0 Å². The molecule has 0 aliphatic carbocycles. The lowest BCUT2D eigenvalue weighted by atomic mass is 10.3. The first-order valence-electron chi connectivity index (χ1n) is 4.99. The van der Waals surface area contributed by atoms with Gasteiger partial charge in [-0.05, 0) is 6.42 Å². The Morgan fingerprint density at radius 2 is 2.25 bits per heavy atom. The van der Waals surface area contributed by atoms with Gasteiger partial charge in [0.15, 0.2) is 0 Å². The molecule has 1 heterocycles. The van der Waals surface area contributed by atoms with Gasteiger partial charge in [0.05, 0.1) is 0 Å². The maximum absolute atomic E-state index is 12.2. The van der Waals surface area contributed by atoms with E-state index in [0.717, 1.165) is 6.42 Å². The predicted octanol–water partition coefficient (Wildman–Crippen LogP) is 1.83. The van der Waals surface area contributed by atoms with Gasteiger partial charge < -0.3 is 14.4 Å². The van der Waals surface area contributed by atoms with E-state index in [1.807, 2.05) is 6.92 Å². The minimum Gasteiger partial charge on any atom is -0.340 e. The molecular formula is C8H17N4O3P. The van der Waals surface area contributed by atoms with Gasteiger partial charge in [-0.25, -0.2) is 10.1 Å². The standard InChI is InChI=1S/C8H17N4O3P/c1-4-5-7(16(13,14-2)15-3)11-8-9-6-10-12-8/h6-7H,4-5H2,1-3H3,(H2,9,10,11,12). The Labute approximate surface area is 94.5 Å². The Morgan fingerprint density at radius 1 is 1.56 bits per heavy atom. The van der Waals surface area contributed by atoms with Gasteiger partial charge in [0.1, 0.15) is 12.1 Å². The fourth-order valence-electron chi connectivity index (χ4n) is 1.34. The van der Waals surface area contributed by atoms with Gasteiger partial charge in [0, 0.05) is 14.2 Å². The molecule has 0 aliphatic rings. The summed E-state index contributed by atoms with van der Waals surface area (Å²) in [5, 5.41) is 9.30. The maximum Gasteiger partial charge on any atom is 0.352 e. The summed E-state index contributed by atoms with van der Waals surface area (Å²) in [4.78, 5) is 3.91. The summed E-state index contributed by atoms with van der Waals surface area (Å²) < 4.78 is 22.1. The number of hydrogen-bond donors (Lipinski definition) is 2. The highest BCUT2D eigenvalue weighted by Gasteiger charge is 2.33. The molecule has 1 rings (SSSR count). The minimum atomic E-state index is -3.15. The highest BCUT2D eigenvalue weighted by molar-refractivity contribution is 7.54. The summed E-state index contributed by atoms with van der Waals surface area (Å²) in [6.07, 6.45) is 2.87. The van der Waals surface area contributed by atoms with Crippen molar-refractivity contribution >= 4 is 13.5 Å². The molecule has 92 valence electrons. The Hall–Kier alpha value is -0.910. The van der Waals surface area contributed by atoms with Gasteiger partial charge in [-0.2, -0.15) is 5.10 Å². The van der Waals surface area contributed by atoms with Gasteiger partial charge in [0.2, 0.25) is 5.95 Å². The number of anilines is 1. The summed E-state index contributed by atoms with van der Waals surface area (Å²) in [7, 11) is -0.408. The summed E-state index contributed by atoms with van der Waals surface area (Å²) in [6.45, 7) is 1.99. The molecule has 0 amide bonds. The van der Waals surface area contributed by atoms with Crippen molar-refractivity contribution in [2.45, 2.75) is 25.5 Å². The topological polar surface area (TPSA) is 89.1 Å². The van der Waals surface area contributed by atoms with Crippen LogP contribution < -0.4 is 5.32 Å². The third-order valence-corrected chi connectivity index (χ3v) is 4.34. The van der Waals surface area contributed by atoms with Crippen LogP contribution >= 0.6 is 7.60 Å². The van der Waals surface area contributed by atoms with Crippen molar-refractivity contribution in [1.82, 2.24) is 15.2 Å². The SMILES string of the molecule is CCCC(Nc1ncn[nH]1)P(=O)(OC)OC. The van der Waals surface area contributed by atoms with Gasteiger partial charge in [-0.15, -0.1) is 0 Å². The first kappa shape index (κ1) is 13.2. The number of hydrogen-bond acceptors (Lipinski definition) is 6. The van der Waals surface area contributed by atoms with Crippen LogP contribution in [0.1, 0.15) is 19.8 Å². The van der Waals surface area contributed by atoms with E-state index in [4.69, 9.17) is 9.05 Å². The van der Waals surface area contributed by atoms with Crippen molar-refractivity contribution in [1.29, 1.82) is 0 Å². The number of H-pyrrole nitrogens is 1. The molecule has 2 N–H and O–H groups in total. The van der Waals surface area contributed by atoms with Crippen molar-refractivity contribution < 1.29 is 13.6 Å². The lowest BCUT2D eigenvalue weighted by Gasteiger charge is -2.24. The van der Waals surface area contributed by atoms with E-state index < -0.39 is 13.4 Å². The number of aromatic amines is 1. The first-order chi connectivity index (χ1) is 7.66. The molecule has 0 spiro atoms. The largest absolute Gasteiger partial charge is 0.352 e. The maximum atomic E-state index is 12.2. The van der Waals surface area contributed by atoms with Crippen LogP contribution in [0.15, 0.2) is 6.33 Å². The predicted molar refractivity (Wildman–Crippen MR) is 60.3 cm³/mol. The first-order valence-corrected chi connectivity index (χ1v) is 6.60. The second-order valence-corrected chi connectivity index (χ2v) is 5.62. The van der Waals surface area contributed by atoms with Crippen molar-refractivity contribution in [3.63, 3.8) is 0 Å². The van der Waals surface area contributed by atoms with Crippen LogP contribution in [0.25, 0.3) is 0 Å². The fraction of sp³-hybridized carbons (Fsp3) is 0.750. The lowest BCUT2D eigenvalue weighted by molar-refractivity contribution is 0.266. The zero-order valence-electron chi connectivity index (χ0n) is 9.64. The number of nitrogens with one attached hydrogen (secondary N) is 2. The van der Waals surface area contributed by atoms with Gasteiger partial charge >= 0.3 is 7.60 Å². The van der Waals surface area contributed by atoms with Crippen molar-refractivity contribution in [3.05, 3.63) is 6.33 Å². The smallest absolute Gasteiger partial charge is 0.340 e. The Kier molecular flexibility index (Phi) is 4.92. The lowest BCUT2D eigenvalue weighted by Crippen LogP contribution is -2.22. The van der Waals surface area contributed by atoms with Gasteiger partial charge in [-0.1, -0.05) is 13.3 Å². The normalized spacial score (nSPS) is 13.7. The molecule has 0 aromatic carbocycles. The number of nitrogens with zero attached hydrogens (tertiary/aromatic N) is 2. The third kappa shape index (κ3) is 3.04. The van der Waals surface area contributed by atoms with E-state index >= 15 is 0 Å². The van der Waals surface area contributed by atoms with Crippen LogP contribution in [-0.2, 0) is 13.6 Å². The molecule has 0 fully saturated rings. The Balaban J connectivity index is 2.78. The molecule has 16 heavy (non-hydrogen) atoms. The fourth-order valence-corrected chi connectivity index (χ4v) is 2.86. The van der Waals surface area contributed by atoms with E-state index in [1.54, 1.807) is 0 Å². The molecule has 1 unspecified atom stereocenters. The van der Waals surface area contributed by atoms with Crippen molar-refractivity contribution in [3.8, 4) is 0 Å². The van der Waals surface area contributed by atoms with Crippen LogP contribution in [0, 0.1) is 0 Å². The van der Waals surface area contributed by atoms with E-state index in [9.17, 15) is 4.57 Å². The molecule has 0 saturated heterocycles. The van der Waals surface area contributed by atoms with E-state index in [2.05, 4.69) is 20.5 Å². The third-order valence-electron chi connectivity index (χ3n) is 2.17. The van der Waals surface area contributed by atoms with E-state index in [1.165, 1.54) is 20.5 Å². The molecule has 1 atom stereocenters. The summed E-state index contributed by atoms with van der Waals surface area (Å²) >= 11 is 0. The van der Waals surface area contributed by atoms with Crippen LogP contribution in [0.3, 0.4) is 0 Å². The van der Waals surface area contributed by atoms with Crippen LogP contribution in [0.4, 0.5) is 5.95 Å². The molecule has 8 heteroatoms. The molecule has 0 bridgehead atoms. The second-order valence-electron chi connectivity index (χ2n) is 3.19. The highest BCUT2D eigenvalue weighted by atomic mass is 31.2. The molecule has 7 nitrogen and oxygen atoms in total. The van der Waals surface area contributed by atoms with Gasteiger partial charge in [0.25, 0.3) is 0 Å². The van der Waals surface area contributed by atoms with Gasteiger partial charge in [-0.3, -0.25) is 4.57 Å². The zero-order chi connectivity index (χ0) is 12.0. The molecule has 1 aromatic rings. The van der Waals surface area contributed by atoms with E-state index in [-0.39, 0.29) is 0 Å².